The summed E-state index contributed by atoms with van der Waals surface area (Å²) in [6.45, 7) is 9.14. The summed E-state index contributed by atoms with van der Waals surface area (Å²) in [5, 5.41) is 0. The molecule has 2 aromatic carbocycles. The Kier molecular flexibility index (Phi) is 5.24. The molecule has 6 nitrogen and oxygen atoms in total. The average molecular weight is 402 g/mol. The van der Waals surface area contributed by atoms with Crippen molar-refractivity contribution >= 4 is 11.0 Å². The van der Waals surface area contributed by atoms with Crippen molar-refractivity contribution in [1.82, 2.24) is 19.5 Å². The topological polar surface area (TPSA) is 80.6 Å². The van der Waals surface area contributed by atoms with Crippen molar-refractivity contribution in [3.05, 3.63) is 80.0 Å². The smallest absolute Gasteiger partial charge is 0.322 e. The van der Waals surface area contributed by atoms with Crippen molar-refractivity contribution in [3.8, 4) is 11.5 Å². The molecule has 4 rings (SSSR count). The molecule has 2 aliphatic rings. The molecule has 0 unspecified atom stereocenters. The summed E-state index contributed by atoms with van der Waals surface area (Å²) in [4.78, 5) is 35.2. The van der Waals surface area contributed by atoms with Gasteiger partial charge < -0.3 is 4.57 Å². The van der Waals surface area contributed by atoms with E-state index in [1.165, 1.54) is 11.1 Å². The van der Waals surface area contributed by atoms with Crippen LogP contribution in [0.25, 0.3) is 22.6 Å². The van der Waals surface area contributed by atoms with E-state index in [0.717, 1.165) is 23.0 Å². The van der Waals surface area contributed by atoms with Gasteiger partial charge in [-0.3, -0.25) is 9.78 Å². The van der Waals surface area contributed by atoms with Gasteiger partial charge >= 0.3 is 5.69 Å². The van der Waals surface area contributed by atoms with Crippen molar-refractivity contribution in [1.29, 1.82) is 0 Å². The number of aromatic amines is 1. The number of rotatable bonds is 5. The first-order valence-electron chi connectivity index (χ1n) is 10.3. The van der Waals surface area contributed by atoms with Crippen LogP contribution in [0.3, 0.4) is 0 Å². The molecule has 1 N–H and O–H groups in total. The van der Waals surface area contributed by atoms with Crippen molar-refractivity contribution in [3.63, 3.8) is 0 Å². The van der Waals surface area contributed by atoms with Gasteiger partial charge in [0.2, 0.25) is 0 Å². The SMILES string of the molecule is Cc1ccc([C@H](C)CCn2c3nc(=O)[nH]c(=O)c-3nc3cc(C(C)C)ccc32)cc1. The Morgan fingerprint density at radius 1 is 0.967 bits per heavy atom. The quantitative estimate of drug-likeness (QED) is 0.507. The lowest BCUT2D eigenvalue weighted by molar-refractivity contribution is 0.582. The number of aryl methyl sites for hydroxylation is 2. The molecule has 2 aromatic rings. The van der Waals surface area contributed by atoms with Gasteiger partial charge in [0.05, 0.1) is 11.0 Å². The minimum absolute atomic E-state index is 0.200. The maximum atomic E-state index is 12.4. The standard InChI is InChI=1S/C24H26N4O2/c1-14(2)18-9-10-20-19(13-18)25-21-22(26-24(30)27-23(21)29)28(20)12-11-16(4)17-7-5-15(3)6-8-17/h5-10,13-14,16H,11-12H2,1-4H3,(H,27,29,30)/t16-/m1/s1. The lowest BCUT2D eigenvalue weighted by atomic mass is 9.96. The van der Waals surface area contributed by atoms with Crippen LogP contribution in [0.1, 0.15) is 55.7 Å². The van der Waals surface area contributed by atoms with E-state index in [2.05, 4.69) is 73.0 Å². The number of hydrogen-bond acceptors (Lipinski definition) is 4. The lowest BCUT2D eigenvalue weighted by Gasteiger charge is -2.20. The summed E-state index contributed by atoms with van der Waals surface area (Å²) in [5.41, 5.74) is 4.32. The zero-order valence-corrected chi connectivity index (χ0v) is 17.8. The summed E-state index contributed by atoms with van der Waals surface area (Å²) in [6.07, 6.45) is 0.844. The van der Waals surface area contributed by atoms with E-state index in [9.17, 15) is 9.59 Å². The Balaban J connectivity index is 1.81. The first kappa shape index (κ1) is 20.0. The Morgan fingerprint density at radius 3 is 2.37 bits per heavy atom. The zero-order chi connectivity index (χ0) is 21.4. The number of nitrogens with zero attached hydrogens (tertiary/aromatic N) is 3. The number of aromatic nitrogens is 4. The molecule has 0 fully saturated rings. The lowest BCUT2D eigenvalue weighted by Crippen LogP contribution is -2.29. The van der Waals surface area contributed by atoms with Gasteiger partial charge in [-0.2, -0.15) is 4.98 Å². The molecule has 0 spiro atoms. The normalized spacial score (nSPS) is 12.7. The number of fused-ring (bicyclic) bond motifs is 2. The third kappa shape index (κ3) is 3.77. The van der Waals surface area contributed by atoms with E-state index in [1.54, 1.807) is 0 Å². The van der Waals surface area contributed by atoms with Gasteiger partial charge in [0.1, 0.15) is 0 Å². The number of nitrogens with one attached hydrogen (secondary N) is 1. The maximum absolute atomic E-state index is 12.4. The monoisotopic (exact) mass is 402 g/mol. The van der Waals surface area contributed by atoms with Crippen LogP contribution >= 0.6 is 0 Å². The van der Waals surface area contributed by atoms with Crippen LogP contribution in [0.15, 0.2) is 52.1 Å². The van der Waals surface area contributed by atoms with Gasteiger partial charge in [-0.1, -0.05) is 56.7 Å². The van der Waals surface area contributed by atoms with E-state index in [1.807, 2.05) is 16.7 Å². The van der Waals surface area contributed by atoms with Crippen molar-refractivity contribution in [2.24, 2.45) is 0 Å². The number of hydrogen-bond donors (Lipinski definition) is 1. The fourth-order valence-electron chi connectivity index (χ4n) is 3.79. The van der Waals surface area contributed by atoms with Gasteiger partial charge in [0.15, 0.2) is 11.5 Å². The van der Waals surface area contributed by atoms with Crippen molar-refractivity contribution < 1.29 is 0 Å². The molecule has 1 atom stereocenters. The van der Waals surface area contributed by atoms with E-state index in [-0.39, 0.29) is 5.69 Å². The fraction of sp³-hybridized carbons (Fsp3) is 0.333. The molecule has 6 heteroatoms. The van der Waals surface area contributed by atoms with E-state index in [0.29, 0.717) is 24.2 Å². The fourth-order valence-corrected chi connectivity index (χ4v) is 3.79. The van der Waals surface area contributed by atoms with Crippen molar-refractivity contribution in [2.75, 3.05) is 0 Å². The van der Waals surface area contributed by atoms with Crippen LogP contribution in [0.4, 0.5) is 0 Å². The van der Waals surface area contributed by atoms with Gasteiger partial charge in [-0.25, -0.2) is 9.78 Å². The molecule has 154 valence electrons. The third-order valence-electron chi connectivity index (χ3n) is 5.73. The molecule has 0 bridgehead atoms. The molecule has 2 heterocycles. The third-order valence-corrected chi connectivity index (χ3v) is 5.73. The highest BCUT2D eigenvalue weighted by atomic mass is 16.2. The first-order valence-corrected chi connectivity index (χ1v) is 10.3. The Morgan fingerprint density at radius 2 is 1.67 bits per heavy atom. The largest absolute Gasteiger partial charge is 0.349 e. The van der Waals surface area contributed by atoms with Crippen LogP contribution in [-0.4, -0.2) is 19.5 Å². The Labute approximate surface area is 175 Å². The summed E-state index contributed by atoms with van der Waals surface area (Å²) < 4.78 is 1.96. The highest BCUT2D eigenvalue weighted by Crippen LogP contribution is 2.27. The second-order valence-corrected chi connectivity index (χ2v) is 8.31. The molecule has 0 saturated heterocycles. The van der Waals surface area contributed by atoms with E-state index in [4.69, 9.17) is 0 Å². The van der Waals surface area contributed by atoms with Crippen LogP contribution in [0.5, 0.6) is 0 Å². The summed E-state index contributed by atoms with van der Waals surface area (Å²) in [7, 11) is 0. The first-order chi connectivity index (χ1) is 14.3. The second kappa shape index (κ2) is 7.86. The zero-order valence-electron chi connectivity index (χ0n) is 17.8. The van der Waals surface area contributed by atoms with E-state index < -0.39 is 11.2 Å². The van der Waals surface area contributed by atoms with Crippen LogP contribution in [0, 0.1) is 6.92 Å². The predicted molar refractivity (Wildman–Crippen MR) is 119 cm³/mol. The van der Waals surface area contributed by atoms with Gasteiger partial charge in [0, 0.05) is 6.54 Å². The summed E-state index contributed by atoms with van der Waals surface area (Å²) in [5.74, 6) is 1.01. The average Bonchev–Trinajstić information content (AvgIpc) is 2.71. The predicted octanol–water partition coefficient (Wildman–Crippen LogP) is 4.21. The van der Waals surface area contributed by atoms with Crippen LogP contribution < -0.4 is 11.2 Å². The summed E-state index contributed by atoms with van der Waals surface area (Å²) >= 11 is 0. The molecule has 30 heavy (non-hydrogen) atoms. The highest BCUT2D eigenvalue weighted by molar-refractivity contribution is 5.80. The minimum atomic E-state index is -0.646. The van der Waals surface area contributed by atoms with Crippen molar-refractivity contribution in [2.45, 2.75) is 52.5 Å². The molecule has 0 amide bonds. The molecular weight excluding hydrogens is 376 g/mol. The van der Waals surface area contributed by atoms with Crippen LogP contribution in [-0.2, 0) is 6.54 Å². The maximum Gasteiger partial charge on any atom is 0.349 e. The van der Waals surface area contributed by atoms with Crippen LogP contribution in [0.2, 0.25) is 0 Å². The van der Waals surface area contributed by atoms with Gasteiger partial charge in [-0.05, 0) is 48.4 Å². The minimum Gasteiger partial charge on any atom is -0.322 e. The number of benzene rings is 2. The molecule has 0 saturated carbocycles. The Bertz CT molecular complexity index is 1290. The second-order valence-electron chi connectivity index (χ2n) is 8.31. The molecular formula is C24H26N4O2. The van der Waals surface area contributed by atoms with Gasteiger partial charge in [-0.15, -0.1) is 0 Å². The van der Waals surface area contributed by atoms with Gasteiger partial charge in [0.25, 0.3) is 5.56 Å². The molecule has 2 aliphatic heterocycles. The molecule has 0 radical (unpaired) electrons. The van der Waals surface area contributed by atoms with E-state index >= 15 is 0 Å². The Hall–Kier alpha value is -3.28. The molecule has 0 aliphatic carbocycles. The highest BCUT2D eigenvalue weighted by Gasteiger charge is 2.19. The molecule has 0 aromatic heterocycles. The summed E-state index contributed by atoms with van der Waals surface area (Å²) in [6, 6.07) is 14.7. The number of H-pyrrole nitrogens is 1.